The van der Waals surface area contributed by atoms with Gasteiger partial charge in [-0.3, -0.25) is 4.79 Å². The Morgan fingerprint density at radius 3 is 2.57 bits per heavy atom. The molecule has 1 amide bonds. The van der Waals surface area contributed by atoms with Crippen LogP contribution in [0.15, 0.2) is 59.6 Å². The number of para-hydroxylation sites is 1. The van der Waals surface area contributed by atoms with Gasteiger partial charge in [0.15, 0.2) is 5.96 Å². The first kappa shape index (κ1) is 24.1. The first-order valence-electron chi connectivity index (χ1n) is 10.2. The third kappa shape index (κ3) is 6.98. The van der Waals surface area contributed by atoms with Gasteiger partial charge in [0.2, 0.25) is 5.91 Å². The van der Waals surface area contributed by atoms with E-state index in [0.717, 1.165) is 24.7 Å². The minimum atomic E-state index is 0. The number of anilines is 1. The SMILES string of the molecule is CCNC(=NCc1cccc(CN(C)C)c1)NC1CC(=O)N(c2ccccc2)C1.I. The van der Waals surface area contributed by atoms with Crippen molar-refractivity contribution in [3.05, 3.63) is 65.7 Å². The van der Waals surface area contributed by atoms with Gasteiger partial charge < -0.3 is 20.4 Å². The average molecular weight is 521 g/mol. The summed E-state index contributed by atoms with van der Waals surface area (Å²) in [6, 6.07) is 18.4. The summed E-state index contributed by atoms with van der Waals surface area (Å²) in [6.07, 6.45) is 0.470. The van der Waals surface area contributed by atoms with E-state index in [0.29, 0.717) is 19.5 Å². The van der Waals surface area contributed by atoms with E-state index in [1.54, 1.807) is 0 Å². The lowest BCUT2D eigenvalue weighted by molar-refractivity contribution is -0.117. The maximum absolute atomic E-state index is 12.5. The summed E-state index contributed by atoms with van der Waals surface area (Å²) in [7, 11) is 4.14. The molecule has 7 heteroatoms. The molecule has 1 saturated heterocycles. The molecule has 0 aromatic heterocycles. The minimum absolute atomic E-state index is 0. The lowest BCUT2D eigenvalue weighted by Crippen LogP contribution is -2.44. The number of amides is 1. The number of benzene rings is 2. The molecule has 0 saturated carbocycles. The summed E-state index contributed by atoms with van der Waals surface area (Å²) < 4.78 is 0. The maximum Gasteiger partial charge on any atom is 0.229 e. The highest BCUT2D eigenvalue weighted by Crippen LogP contribution is 2.21. The van der Waals surface area contributed by atoms with Crippen molar-refractivity contribution in [2.24, 2.45) is 4.99 Å². The molecule has 1 aliphatic rings. The Morgan fingerprint density at radius 2 is 1.87 bits per heavy atom. The molecule has 162 valence electrons. The minimum Gasteiger partial charge on any atom is -0.357 e. The lowest BCUT2D eigenvalue weighted by atomic mass is 10.1. The molecule has 1 heterocycles. The van der Waals surface area contributed by atoms with E-state index in [1.165, 1.54) is 11.1 Å². The Morgan fingerprint density at radius 1 is 1.13 bits per heavy atom. The van der Waals surface area contributed by atoms with E-state index >= 15 is 0 Å². The predicted octanol–water partition coefficient (Wildman–Crippen LogP) is 3.23. The van der Waals surface area contributed by atoms with Crippen LogP contribution in [0.2, 0.25) is 0 Å². The number of rotatable bonds is 7. The molecule has 1 atom stereocenters. The molecule has 6 nitrogen and oxygen atoms in total. The zero-order valence-corrected chi connectivity index (χ0v) is 20.3. The van der Waals surface area contributed by atoms with Gasteiger partial charge in [-0.05, 0) is 44.3 Å². The molecule has 1 unspecified atom stereocenters. The van der Waals surface area contributed by atoms with Gasteiger partial charge in [0, 0.05) is 31.7 Å². The first-order valence-corrected chi connectivity index (χ1v) is 10.2. The van der Waals surface area contributed by atoms with Crippen molar-refractivity contribution in [3.8, 4) is 0 Å². The van der Waals surface area contributed by atoms with Crippen molar-refractivity contribution in [1.82, 2.24) is 15.5 Å². The van der Waals surface area contributed by atoms with Crippen LogP contribution in [0, 0.1) is 0 Å². The fraction of sp³-hybridized carbons (Fsp3) is 0.391. The number of nitrogens with zero attached hydrogens (tertiary/aromatic N) is 3. The standard InChI is InChI=1S/C23H31N5O.HI/c1-4-24-23(25-15-18-9-8-10-19(13-18)16-27(2)3)26-20-14-22(29)28(17-20)21-11-6-5-7-12-21;/h5-13,20H,4,14-17H2,1-3H3,(H2,24,25,26);1H. The van der Waals surface area contributed by atoms with Crippen LogP contribution >= 0.6 is 24.0 Å². The predicted molar refractivity (Wildman–Crippen MR) is 134 cm³/mol. The molecule has 2 N–H and O–H groups in total. The topological polar surface area (TPSA) is 60.0 Å². The van der Waals surface area contributed by atoms with Gasteiger partial charge in [-0.25, -0.2) is 4.99 Å². The fourth-order valence-electron chi connectivity index (χ4n) is 3.54. The smallest absolute Gasteiger partial charge is 0.229 e. The Labute approximate surface area is 196 Å². The van der Waals surface area contributed by atoms with Crippen molar-refractivity contribution in [2.75, 3.05) is 32.1 Å². The second kappa shape index (κ2) is 11.9. The Kier molecular flexibility index (Phi) is 9.58. The molecule has 0 radical (unpaired) electrons. The van der Waals surface area contributed by atoms with Crippen molar-refractivity contribution in [1.29, 1.82) is 0 Å². The average Bonchev–Trinajstić information content (AvgIpc) is 3.07. The zero-order chi connectivity index (χ0) is 20.6. The Hall–Kier alpha value is -2.13. The Bertz CT molecular complexity index is 840. The summed E-state index contributed by atoms with van der Waals surface area (Å²) in [5, 5.41) is 6.73. The highest BCUT2D eigenvalue weighted by molar-refractivity contribution is 14.0. The van der Waals surface area contributed by atoms with E-state index in [2.05, 4.69) is 53.9 Å². The van der Waals surface area contributed by atoms with Crippen molar-refractivity contribution < 1.29 is 4.79 Å². The second-order valence-electron chi connectivity index (χ2n) is 7.64. The van der Waals surface area contributed by atoms with Crippen LogP contribution < -0.4 is 15.5 Å². The van der Waals surface area contributed by atoms with Crippen LogP contribution in [0.5, 0.6) is 0 Å². The summed E-state index contributed by atoms with van der Waals surface area (Å²) >= 11 is 0. The highest BCUT2D eigenvalue weighted by atomic mass is 127. The van der Waals surface area contributed by atoms with Crippen molar-refractivity contribution >= 4 is 41.5 Å². The fourth-order valence-corrected chi connectivity index (χ4v) is 3.54. The van der Waals surface area contributed by atoms with Crippen LogP contribution in [-0.4, -0.2) is 50.0 Å². The first-order chi connectivity index (χ1) is 14.0. The number of carbonyl (C=O) groups excluding carboxylic acids is 1. The molecule has 2 aromatic rings. The van der Waals surface area contributed by atoms with Gasteiger partial charge >= 0.3 is 0 Å². The number of halogens is 1. The number of guanidine groups is 1. The molecule has 30 heavy (non-hydrogen) atoms. The van der Waals surface area contributed by atoms with Crippen LogP contribution in [0.1, 0.15) is 24.5 Å². The van der Waals surface area contributed by atoms with Gasteiger partial charge in [0.1, 0.15) is 0 Å². The van der Waals surface area contributed by atoms with Crippen molar-refractivity contribution in [2.45, 2.75) is 32.5 Å². The number of carbonyl (C=O) groups is 1. The number of hydrogen-bond donors (Lipinski definition) is 2. The van der Waals surface area contributed by atoms with Gasteiger partial charge in [-0.15, -0.1) is 24.0 Å². The maximum atomic E-state index is 12.5. The van der Waals surface area contributed by atoms with Crippen LogP contribution in [0.3, 0.4) is 0 Å². The third-order valence-electron chi connectivity index (χ3n) is 4.79. The quantitative estimate of drug-likeness (QED) is 0.334. The van der Waals surface area contributed by atoms with Gasteiger partial charge in [0.05, 0.1) is 12.6 Å². The molecule has 2 aromatic carbocycles. The van der Waals surface area contributed by atoms with E-state index in [9.17, 15) is 4.79 Å². The van der Waals surface area contributed by atoms with E-state index in [1.807, 2.05) is 42.2 Å². The van der Waals surface area contributed by atoms with Gasteiger partial charge in [-0.2, -0.15) is 0 Å². The summed E-state index contributed by atoms with van der Waals surface area (Å²) in [5.41, 5.74) is 3.40. The highest BCUT2D eigenvalue weighted by Gasteiger charge is 2.31. The summed E-state index contributed by atoms with van der Waals surface area (Å²) in [6.45, 7) is 4.97. The van der Waals surface area contributed by atoms with Crippen molar-refractivity contribution in [3.63, 3.8) is 0 Å². The second-order valence-corrected chi connectivity index (χ2v) is 7.64. The molecule has 1 aliphatic heterocycles. The zero-order valence-electron chi connectivity index (χ0n) is 18.0. The van der Waals surface area contributed by atoms with Crippen LogP contribution in [-0.2, 0) is 17.9 Å². The number of aliphatic imine (C=N–C) groups is 1. The Balaban J connectivity index is 0.00000320. The molecule has 0 aliphatic carbocycles. The van der Waals surface area contributed by atoms with E-state index < -0.39 is 0 Å². The van der Waals surface area contributed by atoms with E-state index in [4.69, 9.17) is 4.99 Å². The molecule has 1 fully saturated rings. The summed E-state index contributed by atoms with van der Waals surface area (Å²) in [4.78, 5) is 21.2. The molecule has 0 spiro atoms. The number of nitrogens with one attached hydrogen (secondary N) is 2. The lowest BCUT2D eigenvalue weighted by Gasteiger charge is -2.19. The van der Waals surface area contributed by atoms with Gasteiger partial charge in [0.25, 0.3) is 0 Å². The molecular weight excluding hydrogens is 489 g/mol. The molecular formula is C23H32IN5O. The normalized spacial score (nSPS) is 16.5. The molecule has 3 rings (SSSR count). The summed E-state index contributed by atoms with van der Waals surface area (Å²) in [5.74, 6) is 0.888. The van der Waals surface area contributed by atoms with Crippen LogP contribution in [0.25, 0.3) is 0 Å². The molecule has 0 bridgehead atoms. The van der Waals surface area contributed by atoms with Crippen LogP contribution in [0.4, 0.5) is 5.69 Å². The number of hydrogen-bond acceptors (Lipinski definition) is 3. The van der Waals surface area contributed by atoms with Gasteiger partial charge in [-0.1, -0.05) is 42.5 Å². The largest absolute Gasteiger partial charge is 0.357 e. The monoisotopic (exact) mass is 521 g/mol. The third-order valence-corrected chi connectivity index (χ3v) is 4.79. The van der Waals surface area contributed by atoms with E-state index in [-0.39, 0.29) is 35.9 Å².